The smallest absolute Gasteiger partial charge is 0.306 e. The van der Waals surface area contributed by atoms with Gasteiger partial charge in [-0.25, -0.2) is 0 Å². The number of ether oxygens (including phenoxy) is 4. The maximum absolute atomic E-state index is 12.6. The van der Waals surface area contributed by atoms with Crippen molar-refractivity contribution in [2.75, 3.05) is 26.4 Å². The summed E-state index contributed by atoms with van der Waals surface area (Å²) in [5, 5.41) is 39.7. The van der Waals surface area contributed by atoms with Crippen LogP contribution in [0, 0.1) is 0 Å². The van der Waals surface area contributed by atoms with E-state index in [0.717, 1.165) is 51.4 Å². The van der Waals surface area contributed by atoms with E-state index >= 15 is 0 Å². The summed E-state index contributed by atoms with van der Waals surface area (Å²) in [6, 6.07) is 0. The molecule has 242 valence electrons. The van der Waals surface area contributed by atoms with Crippen LogP contribution < -0.4 is 0 Å². The lowest BCUT2D eigenvalue weighted by Gasteiger charge is -2.39. The number of unbranched alkanes of at least 4 members (excludes halogenated alkanes) is 13. The van der Waals surface area contributed by atoms with Gasteiger partial charge in [0, 0.05) is 13.0 Å². The van der Waals surface area contributed by atoms with Crippen LogP contribution in [0.15, 0.2) is 12.2 Å². The largest absolute Gasteiger partial charge is 0.457 e. The number of aliphatic hydroxyl groups excluding tert-OH is 4. The molecule has 0 spiro atoms. The molecule has 0 aromatic heterocycles. The zero-order valence-electron chi connectivity index (χ0n) is 25.8. The fraction of sp³-hybridized carbons (Fsp3) is 0.906. The van der Waals surface area contributed by atoms with Gasteiger partial charge in [0.1, 0.15) is 30.5 Å². The molecule has 0 aromatic carbocycles. The molecular formula is C32H60O9. The Morgan fingerprint density at radius 2 is 1.37 bits per heavy atom. The fourth-order valence-electron chi connectivity index (χ4n) is 4.76. The molecule has 6 unspecified atom stereocenters. The molecule has 6 atom stereocenters. The van der Waals surface area contributed by atoms with Crippen molar-refractivity contribution in [3.05, 3.63) is 12.2 Å². The van der Waals surface area contributed by atoms with E-state index in [-0.39, 0.29) is 19.2 Å². The molecule has 1 aliphatic heterocycles. The van der Waals surface area contributed by atoms with Crippen molar-refractivity contribution in [2.24, 2.45) is 0 Å². The van der Waals surface area contributed by atoms with Crippen LogP contribution in [0.1, 0.15) is 123 Å². The second kappa shape index (κ2) is 25.4. The minimum Gasteiger partial charge on any atom is -0.457 e. The van der Waals surface area contributed by atoms with E-state index in [1.807, 2.05) is 0 Å². The normalized spacial score (nSPS) is 23.7. The highest BCUT2D eigenvalue weighted by Gasteiger charge is 2.44. The molecular weight excluding hydrogens is 528 g/mol. The summed E-state index contributed by atoms with van der Waals surface area (Å²) in [6.07, 6.45) is 15.4. The lowest BCUT2D eigenvalue weighted by atomic mass is 9.99. The predicted molar refractivity (Wildman–Crippen MR) is 159 cm³/mol. The number of allylic oxidation sites excluding steroid dienone is 2. The van der Waals surface area contributed by atoms with E-state index in [2.05, 4.69) is 26.0 Å². The van der Waals surface area contributed by atoms with E-state index in [0.29, 0.717) is 13.0 Å². The topological polar surface area (TPSA) is 135 Å². The Labute approximate surface area is 248 Å². The van der Waals surface area contributed by atoms with Crippen LogP contribution in [0.5, 0.6) is 0 Å². The number of carbonyl (C=O) groups excluding carboxylic acids is 1. The number of hydrogen-bond acceptors (Lipinski definition) is 9. The monoisotopic (exact) mass is 588 g/mol. The van der Waals surface area contributed by atoms with Gasteiger partial charge in [-0.1, -0.05) is 96.6 Å². The Morgan fingerprint density at radius 3 is 2.05 bits per heavy atom. The molecule has 9 heteroatoms. The maximum Gasteiger partial charge on any atom is 0.306 e. The van der Waals surface area contributed by atoms with Gasteiger partial charge in [0.15, 0.2) is 6.29 Å². The van der Waals surface area contributed by atoms with Gasteiger partial charge in [0.2, 0.25) is 0 Å². The van der Waals surface area contributed by atoms with Crippen molar-refractivity contribution in [3.63, 3.8) is 0 Å². The van der Waals surface area contributed by atoms with E-state index in [1.54, 1.807) is 0 Å². The van der Waals surface area contributed by atoms with Crippen molar-refractivity contribution in [2.45, 2.75) is 160 Å². The summed E-state index contributed by atoms with van der Waals surface area (Å²) in [6.45, 7) is 4.44. The van der Waals surface area contributed by atoms with Gasteiger partial charge in [-0.15, -0.1) is 0 Å². The molecule has 0 aromatic rings. The first-order valence-corrected chi connectivity index (χ1v) is 16.3. The number of rotatable bonds is 26. The summed E-state index contributed by atoms with van der Waals surface area (Å²) in [4.78, 5) is 12.6. The third-order valence-electron chi connectivity index (χ3n) is 7.43. The molecule has 1 saturated heterocycles. The van der Waals surface area contributed by atoms with Gasteiger partial charge < -0.3 is 39.4 Å². The quantitative estimate of drug-likeness (QED) is 0.0628. The lowest BCUT2D eigenvalue weighted by Crippen LogP contribution is -2.59. The Hall–Kier alpha value is -1.07. The average Bonchev–Trinajstić information content (AvgIpc) is 2.97. The molecule has 1 aliphatic rings. The number of aliphatic hydroxyl groups is 4. The van der Waals surface area contributed by atoms with Gasteiger partial charge in [0.05, 0.1) is 19.8 Å². The molecule has 0 amide bonds. The summed E-state index contributed by atoms with van der Waals surface area (Å²) in [5.74, 6) is -0.328. The minimum atomic E-state index is -1.53. The summed E-state index contributed by atoms with van der Waals surface area (Å²) < 4.78 is 22.5. The Bertz CT molecular complexity index is 643. The lowest BCUT2D eigenvalue weighted by molar-refractivity contribution is -0.305. The van der Waals surface area contributed by atoms with E-state index in [4.69, 9.17) is 18.9 Å². The molecule has 4 N–H and O–H groups in total. The van der Waals surface area contributed by atoms with Crippen molar-refractivity contribution in [3.8, 4) is 0 Å². The van der Waals surface area contributed by atoms with Crippen LogP contribution in [-0.4, -0.2) is 89.6 Å². The third-order valence-corrected chi connectivity index (χ3v) is 7.43. The molecule has 0 aliphatic carbocycles. The number of esters is 1. The highest BCUT2D eigenvalue weighted by atomic mass is 16.7. The maximum atomic E-state index is 12.6. The fourth-order valence-corrected chi connectivity index (χ4v) is 4.76. The van der Waals surface area contributed by atoms with E-state index in [1.165, 1.54) is 51.4 Å². The highest BCUT2D eigenvalue weighted by Crippen LogP contribution is 2.22. The van der Waals surface area contributed by atoms with Crippen LogP contribution in [0.3, 0.4) is 0 Å². The molecule has 1 rings (SSSR count). The SMILES string of the molecule is CCCC/C=C\CCCCCCCC(=O)OC(COCCCCCCCCC)COC1OC(CO)C(O)C(O)C1O. The second-order valence-electron chi connectivity index (χ2n) is 11.3. The Morgan fingerprint density at radius 1 is 0.756 bits per heavy atom. The molecule has 0 saturated carbocycles. The average molecular weight is 589 g/mol. The van der Waals surface area contributed by atoms with Gasteiger partial charge in [-0.05, 0) is 32.1 Å². The standard InChI is InChI=1S/C32H60O9/c1-3-5-7-9-11-12-13-14-15-17-19-21-28(34)40-26(24-38-22-20-18-16-10-8-6-4-2)25-39-32-31(37)30(36)29(35)27(23-33)41-32/h9,11,26-27,29-33,35-37H,3-8,10,12-25H2,1-2H3/b11-9-. The summed E-state index contributed by atoms with van der Waals surface area (Å²) in [5.41, 5.74) is 0. The predicted octanol–water partition coefficient (Wildman–Crippen LogP) is 4.96. The van der Waals surface area contributed by atoms with Gasteiger partial charge in [-0.2, -0.15) is 0 Å². The first kappa shape index (κ1) is 38.0. The van der Waals surface area contributed by atoms with E-state index in [9.17, 15) is 25.2 Å². The highest BCUT2D eigenvalue weighted by molar-refractivity contribution is 5.69. The molecule has 0 radical (unpaired) electrons. The molecule has 1 heterocycles. The zero-order valence-corrected chi connectivity index (χ0v) is 25.8. The number of hydrogen-bond donors (Lipinski definition) is 4. The van der Waals surface area contributed by atoms with Gasteiger partial charge >= 0.3 is 5.97 Å². The van der Waals surface area contributed by atoms with Crippen molar-refractivity contribution >= 4 is 5.97 Å². The van der Waals surface area contributed by atoms with E-state index < -0.39 is 43.4 Å². The first-order chi connectivity index (χ1) is 19.9. The van der Waals surface area contributed by atoms with Crippen molar-refractivity contribution < 1.29 is 44.2 Å². The van der Waals surface area contributed by atoms with Crippen LogP contribution >= 0.6 is 0 Å². The van der Waals surface area contributed by atoms with Crippen LogP contribution in [-0.2, 0) is 23.7 Å². The van der Waals surface area contributed by atoms with Crippen LogP contribution in [0.4, 0.5) is 0 Å². The molecule has 41 heavy (non-hydrogen) atoms. The summed E-state index contributed by atoms with van der Waals surface area (Å²) in [7, 11) is 0. The minimum absolute atomic E-state index is 0.114. The van der Waals surface area contributed by atoms with Gasteiger partial charge in [0.25, 0.3) is 0 Å². The second-order valence-corrected chi connectivity index (χ2v) is 11.3. The Balaban J connectivity index is 2.40. The summed E-state index contributed by atoms with van der Waals surface area (Å²) >= 11 is 0. The van der Waals surface area contributed by atoms with Crippen LogP contribution in [0.25, 0.3) is 0 Å². The molecule has 0 bridgehead atoms. The first-order valence-electron chi connectivity index (χ1n) is 16.3. The molecule has 9 nitrogen and oxygen atoms in total. The number of carbonyl (C=O) groups is 1. The van der Waals surface area contributed by atoms with Crippen molar-refractivity contribution in [1.29, 1.82) is 0 Å². The van der Waals surface area contributed by atoms with Gasteiger partial charge in [-0.3, -0.25) is 4.79 Å². The molecule has 1 fully saturated rings. The third kappa shape index (κ3) is 18.3. The zero-order chi connectivity index (χ0) is 30.1. The van der Waals surface area contributed by atoms with Crippen molar-refractivity contribution in [1.82, 2.24) is 0 Å². The Kier molecular flexibility index (Phi) is 23.5. The van der Waals surface area contributed by atoms with Crippen LogP contribution in [0.2, 0.25) is 0 Å².